The molecule has 0 aromatic rings. The van der Waals surface area contributed by atoms with Gasteiger partial charge in [0, 0.05) is 33.9 Å². The number of ether oxygens (including phenoxy) is 2. The van der Waals surface area contributed by atoms with Crippen LogP contribution in [0.25, 0.3) is 0 Å². The van der Waals surface area contributed by atoms with E-state index in [-0.39, 0.29) is 24.0 Å². The van der Waals surface area contributed by atoms with Gasteiger partial charge in [-0.1, -0.05) is 6.92 Å². The summed E-state index contributed by atoms with van der Waals surface area (Å²) in [7, 11) is 3.29. The van der Waals surface area contributed by atoms with Crippen LogP contribution in [-0.4, -0.2) is 56.9 Å². The van der Waals surface area contributed by atoms with Crippen LogP contribution in [0.3, 0.4) is 0 Å². The molecule has 3 unspecified atom stereocenters. The van der Waals surface area contributed by atoms with Gasteiger partial charge in [-0.05, 0) is 6.42 Å². The number of carbonyl (C=O) groups is 1. The topological polar surface area (TPSA) is 64.8 Å². The molecular weight excluding hydrogens is 208 g/mol. The highest BCUT2D eigenvalue weighted by atomic mass is 16.5. The Morgan fingerprint density at radius 1 is 1.38 bits per heavy atom. The number of rotatable bonds is 5. The van der Waals surface area contributed by atoms with Gasteiger partial charge in [0.15, 0.2) is 0 Å². The van der Waals surface area contributed by atoms with E-state index in [4.69, 9.17) is 15.2 Å². The van der Waals surface area contributed by atoms with Crippen molar-refractivity contribution in [3.8, 4) is 0 Å². The third kappa shape index (κ3) is 2.72. The van der Waals surface area contributed by atoms with Gasteiger partial charge in [-0.2, -0.15) is 0 Å². The first kappa shape index (κ1) is 13.4. The zero-order chi connectivity index (χ0) is 12.1. The van der Waals surface area contributed by atoms with E-state index in [0.29, 0.717) is 19.6 Å². The summed E-state index contributed by atoms with van der Waals surface area (Å²) in [5.41, 5.74) is 5.58. The van der Waals surface area contributed by atoms with Gasteiger partial charge in [-0.25, -0.2) is 0 Å². The van der Waals surface area contributed by atoms with E-state index in [2.05, 4.69) is 0 Å². The number of methoxy groups -OCH3 is 2. The number of hydrogen-bond acceptors (Lipinski definition) is 4. The lowest BCUT2D eigenvalue weighted by atomic mass is 10.1. The average molecular weight is 230 g/mol. The minimum atomic E-state index is -0.0758. The third-order valence-electron chi connectivity index (χ3n) is 3.26. The molecule has 16 heavy (non-hydrogen) atoms. The monoisotopic (exact) mass is 230 g/mol. The quantitative estimate of drug-likeness (QED) is 0.713. The van der Waals surface area contributed by atoms with Crippen LogP contribution in [0.4, 0.5) is 0 Å². The normalized spacial score (nSPS) is 27.1. The zero-order valence-corrected chi connectivity index (χ0v) is 10.3. The molecule has 1 fully saturated rings. The highest BCUT2D eigenvalue weighted by molar-refractivity contribution is 5.79. The van der Waals surface area contributed by atoms with Crippen molar-refractivity contribution < 1.29 is 14.3 Å². The third-order valence-corrected chi connectivity index (χ3v) is 3.26. The van der Waals surface area contributed by atoms with Crippen molar-refractivity contribution in [2.75, 3.05) is 33.9 Å². The number of likely N-dealkylation sites (tertiary alicyclic amines) is 1. The van der Waals surface area contributed by atoms with Crippen molar-refractivity contribution in [2.45, 2.75) is 25.6 Å². The predicted octanol–water partition coefficient (Wildman–Crippen LogP) is -0.156. The first-order valence-corrected chi connectivity index (χ1v) is 5.72. The molecule has 0 aromatic carbocycles. The lowest BCUT2D eigenvalue weighted by Gasteiger charge is -2.21. The van der Waals surface area contributed by atoms with Crippen LogP contribution in [0.5, 0.6) is 0 Å². The number of carbonyl (C=O) groups excluding carboxylic acids is 1. The van der Waals surface area contributed by atoms with Crippen LogP contribution in [0.2, 0.25) is 0 Å². The molecule has 0 spiro atoms. The fourth-order valence-electron chi connectivity index (χ4n) is 2.08. The fraction of sp³-hybridized carbons (Fsp3) is 0.909. The first-order chi connectivity index (χ1) is 7.67. The largest absolute Gasteiger partial charge is 0.377 e. The molecule has 2 N–H and O–H groups in total. The second-order valence-corrected chi connectivity index (χ2v) is 4.13. The van der Waals surface area contributed by atoms with Crippen LogP contribution < -0.4 is 5.73 Å². The van der Waals surface area contributed by atoms with E-state index in [1.807, 2.05) is 6.92 Å². The maximum absolute atomic E-state index is 12.1. The molecule has 0 bridgehead atoms. The summed E-state index contributed by atoms with van der Waals surface area (Å²) in [6, 6.07) is 0. The Labute approximate surface area is 96.9 Å². The Hall–Kier alpha value is -0.650. The summed E-state index contributed by atoms with van der Waals surface area (Å²) >= 11 is 0. The lowest BCUT2D eigenvalue weighted by Crippen LogP contribution is -2.38. The van der Waals surface area contributed by atoms with Gasteiger partial charge >= 0.3 is 0 Å². The summed E-state index contributed by atoms with van der Waals surface area (Å²) in [6.07, 6.45) is 0.731. The minimum absolute atomic E-state index is 0.0239. The Kier molecular flexibility index (Phi) is 5.18. The number of amides is 1. The molecule has 0 saturated carbocycles. The summed E-state index contributed by atoms with van der Waals surface area (Å²) in [4.78, 5) is 13.9. The Morgan fingerprint density at radius 3 is 2.19 bits per heavy atom. The van der Waals surface area contributed by atoms with Crippen molar-refractivity contribution in [1.29, 1.82) is 0 Å². The molecule has 1 saturated heterocycles. The molecule has 0 aromatic heterocycles. The summed E-state index contributed by atoms with van der Waals surface area (Å²) < 4.78 is 10.6. The average Bonchev–Trinajstić information content (AvgIpc) is 2.73. The predicted molar refractivity (Wildman–Crippen MR) is 61.0 cm³/mol. The molecule has 1 heterocycles. The molecule has 5 nitrogen and oxygen atoms in total. The van der Waals surface area contributed by atoms with Crippen LogP contribution in [0.1, 0.15) is 13.3 Å². The van der Waals surface area contributed by atoms with Gasteiger partial charge in [0.25, 0.3) is 0 Å². The molecule has 1 amide bonds. The van der Waals surface area contributed by atoms with Crippen molar-refractivity contribution in [2.24, 2.45) is 11.7 Å². The van der Waals surface area contributed by atoms with Gasteiger partial charge in [0.2, 0.25) is 5.91 Å². The number of hydrogen-bond donors (Lipinski definition) is 1. The van der Waals surface area contributed by atoms with Gasteiger partial charge in [-0.15, -0.1) is 0 Å². The van der Waals surface area contributed by atoms with Gasteiger partial charge in [0.1, 0.15) is 12.2 Å². The van der Waals surface area contributed by atoms with E-state index in [1.165, 1.54) is 0 Å². The molecule has 1 aliphatic heterocycles. The highest BCUT2D eigenvalue weighted by Gasteiger charge is 2.36. The van der Waals surface area contributed by atoms with Gasteiger partial charge < -0.3 is 20.1 Å². The fourth-order valence-corrected chi connectivity index (χ4v) is 2.08. The Bertz CT molecular complexity index is 219. The zero-order valence-electron chi connectivity index (χ0n) is 10.3. The van der Waals surface area contributed by atoms with Crippen LogP contribution >= 0.6 is 0 Å². The SMILES string of the molecule is CCC(CN)C(=O)N1CC(OC)C(OC)C1. The molecule has 1 aliphatic rings. The van der Waals surface area contributed by atoms with Crippen LogP contribution in [0, 0.1) is 5.92 Å². The molecule has 0 radical (unpaired) electrons. The molecule has 94 valence electrons. The summed E-state index contributed by atoms with van der Waals surface area (Å²) in [5, 5.41) is 0. The Morgan fingerprint density at radius 2 is 1.88 bits per heavy atom. The summed E-state index contributed by atoms with van der Waals surface area (Å²) in [5.74, 6) is 0.0414. The highest BCUT2D eigenvalue weighted by Crippen LogP contribution is 2.18. The van der Waals surface area contributed by atoms with E-state index in [0.717, 1.165) is 6.42 Å². The molecule has 1 rings (SSSR count). The van der Waals surface area contributed by atoms with Crippen molar-refractivity contribution in [3.05, 3.63) is 0 Å². The maximum Gasteiger partial charge on any atom is 0.227 e. The molecule has 5 heteroatoms. The van der Waals surface area contributed by atoms with E-state index in [9.17, 15) is 4.79 Å². The molecular formula is C11H22N2O3. The molecule has 3 atom stereocenters. The van der Waals surface area contributed by atoms with Gasteiger partial charge in [0.05, 0.1) is 5.92 Å². The van der Waals surface area contributed by atoms with E-state index in [1.54, 1.807) is 19.1 Å². The van der Waals surface area contributed by atoms with Crippen LogP contribution in [-0.2, 0) is 14.3 Å². The number of nitrogens with zero attached hydrogens (tertiary/aromatic N) is 1. The van der Waals surface area contributed by atoms with Crippen LogP contribution in [0.15, 0.2) is 0 Å². The number of nitrogens with two attached hydrogens (primary N) is 1. The summed E-state index contributed by atoms with van der Waals surface area (Å²) in [6.45, 7) is 3.59. The smallest absolute Gasteiger partial charge is 0.227 e. The van der Waals surface area contributed by atoms with E-state index >= 15 is 0 Å². The van der Waals surface area contributed by atoms with Gasteiger partial charge in [-0.3, -0.25) is 4.79 Å². The first-order valence-electron chi connectivity index (χ1n) is 5.72. The van der Waals surface area contributed by atoms with Crippen molar-refractivity contribution in [3.63, 3.8) is 0 Å². The maximum atomic E-state index is 12.1. The Balaban J connectivity index is 2.59. The van der Waals surface area contributed by atoms with Crippen molar-refractivity contribution in [1.82, 2.24) is 4.90 Å². The van der Waals surface area contributed by atoms with Crippen molar-refractivity contribution >= 4 is 5.91 Å². The standard InChI is InChI=1S/C11H22N2O3/c1-4-8(5-12)11(14)13-6-9(15-2)10(7-13)16-3/h8-10H,4-7,12H2,1-3H3. The second-order valence-electron chi connectivity index (χ2n) is 4.13. The molecule has 0 aliphatic carbocycles. The van der Waals surface area contributed by atoms with E-state index < -0.39 is 0 Å². The second kappa shape index (κ2) is 6.18. The lowest BCUT2D eigenvalue weighted by molar-refractivity contribution is -0.134. The minimum Gasteiger partial charge on any atom is -0.377 e.